The Balaban J connectivity index is 1.64. The van der Waals surface area contributed by atoms with Crippen molar-refractivity contribution in [3.63, 3.8) is 0 Å². The molecule has 0 amide bonds. The highest BCUT2D eigenvalue weighted by Gasteiger charge is 2.17. The van der Waals surface area contributed by atoms with E-state index in [2.05, 4.69) is 32.8 Å². The summed E-state index contributed by atoms with van der Waals surface area (Å²) in [6.07, 6.45) is 5.78. The maximum Gasteiger partial charge on any atom is 0.185 e. The SMILES string of the molecule is SCCCCCN1CCN(c2nccs2)CC1. The number of thiol groups is 1. The molecule has 5 heteroatoms. The minimum atomic E-state index is 1.03. The lowest BCUT2D eigenvalue weighted by Crippen LogP contribution is -2.46. The van der Waals surface area contributed by atoms with Gasteiger partial charge >= 0.3 is 0 Å². The largest absolute Gasteiger partial charge is 0.346 e. The van der Waals surface area contributed by atoms with Crippen LogP contribution in [0, 0.1) is 0 Å². The molecule has 0 radical (unpaired) electrons. The van der Waals surface area contributed by atoms with Gasteiger partial charge in [-0.2, -0.15) is 12.6 Å². The molecule has 3 nitrogen and oxygen atoms in total. The van der Waals surface area contributed by atoms with Gasteiger partial charge in [-0.1, -0.05) is 6.42 Å². The molecule has 2 rings (SSSR count). The average Bonchev–Trinajstić information content (AvgIpc) is 2.89. The van der Waals surface area contributed by atoms with Crippen LogP contribution in [0.25, 0.3) is 0 Å². The van der Waals surface area contributed by atoms with E-state index in [9.17, 15) is 0 Å². The molecule has 2 heterocycles. The highest BCUT2D eigenvalue weighted by molar-refractivity contribution is 7.80. The Morgan fingerprint density at radius 3 is 2.65 bits per heavy atom. The molecule has 1 aliphatic rings. The van der Waals surface area contributed by atoms with Gasteiger partial charge in [-0.05, 0) is 25.1 Å². The molecule has 1 aliphatic heterocycles. The molecule has 0 atom stereocenters. The second-order valence-corrected chi connectivity index (χ2v) is 5.75. The predicted molar refractivity (Wildman–Crippen MR) is 78.5 cm³/mol. The van der Waals surface area contributed by atoms with Crippen LogP contribution in [0.4, 0.5) is 5.13 Å². The summed E-state index contributed by atoms with van der Waals surface area (Å²) in [6, 6.07) is 0. The van der Waals surface area contributed by atoms with E-state index in [0.717, 1.165) is 18.8 Å². The van der Waals surface area contributed by atoms with Crippen molar-refractivity contribution in [2.75, 3.05) is 43.4 Å². The maximum absolute atomic E-state index is 4.37. The second-order valence-electron chi connectivity index (χ2n) is 4.43. The molecule has 96 valence electrons. The van der Waals surface area contributed by atoms with Gasteiger partial charge in [-0.25, -0.2) is 4.98 Å². The Morgan fingerprint density at radius 2 is 2.00 bits per heavy atom. The third-order valence-electron chi connectivity index (χ3n) is 3.19. The summed E-state index contributed by atoms with van der Waals surface area (Å²) >= 11 is 5.98. The van der Waals surface area contributed by atoms with Crippen molar-refractivity contribution in [1.29, 1.82) is 0 Å². The molecule has 0 unspecified atom stereocenters. The molecule has 17 heavy (non-hydrogen) atoms. The van der Waals surface area contributed by atoms with Crippen LogP contribution in [0.5, 0.6) is 0 Å². The standard InChI is InChI=1S/C12H21N3S2/c16-10-3-1-2-5-14-6-8-15(9-7-14)12-13-4-11-17-12/h4,11,16H,1-3,5-10H2. The molecule has 1 aromatic rings. The van der Waals surface area contributed by atoms with Crippen LogP contribution in [0.15, 0.2) is 11.6 Å². The molecule has 0 N–H and O–H groups in total. The van der Waals surface area contributed by atoms with Gasteiger partial charge in [0.05, 0.1) is 0 Å². The van der Waals surface area contributed by atoms with E-state index in [1.165, 1.54) is 44.0 Å². The fourth-order valence-electron chi connectivity index (χ4n) is 2.16. The van der Waals surface area contributed by atoms with Crippen LogP contribution in [0.1, 0.15) is 19.3 Å². The van der Waals surface area contributed by atoms with Gasteiger partial charge in [-0.3, -0.25) is 4.90 Å². The van der Waals surface area contributed by atoms with Crippen LogP contribution < -0.4 is 4.90 Å². The zero-order valence-electron chi connectivity index (χ0n) is 10.2. The van der Waals surface area contributed by atoms with Gasteiger partial charge in [0, 0.05) is 37.8 Å². The number of nitrogens with zero attached hydrogens (tertiary/aromatic N) is 3. The lowest BCUT2D eigenvalue weighted by atomic mass is 10.2. The minimum Gasteiger partial charge on any atom is -0.346 e. The van der Waals surface area contributed by atoms with Crippen molar-refractivity contribution in [2.24, 2.45) is 0 Å². The number of hydrogen-bond acceptors (Lipinski definition) is 5. The highest BCUT2D eigenvalue weighted by Crippen LogP contribution is 2.18. The van der Waals surface area contributed by atoms with Gasteiger partial charge < -0.3 is 4.90 Å². The molecule has 0 aromatic carbocycles. The van der Waals surface area contributed by atoms with Crippen molar-refractivity contribution in [1.82, 2.24) is 9.88 Å². The van der Waals surface area contributed by atoms with E-state index in [0.29, 0.717) is 0 Å². The van der Waals surface area contributed by atoms with Gasteiger partial charge in [-0.15, -0.1) is 11.3 Å². The smallest absolute Gasteiger partial charge is 0.185 e. The number of aromatic nitrogens is 1. The molecule has 0 bridgehead atoms. The van der Waals surface area contributed by atoms with Crippen LogP contribution in [0.2, 0.25) is 0 Å². The van der Waals surface area contributed by atoms with Gasteiger partial charge in [0.2, 0.25) is 0 Å². The van der Waals surface area contributed by atoms with E-state index in [4.69, 9.17) is 0 Å². The summed E-state index contributed by atoms with van der Waals surface area (Å²) < 4.78 is 0. The summed E-state index contributed by atoms with van der Waals surface area (Å²) in [6.45, 7) is 5.86. The molecular weight excluding hydrogens is 250 g/mol. The Kier molecular flexibility index (Phi) is 5.61. The van der Waals surface area contributed by atoms with E-state index in [-0.39, 0.29) is 0 Å². The minimum absolute atomic E-state index is 1.03. The predicted octanol–water partition coefficient (Wildman–Crippen LogP) is 2.37. The van der Waals surface area contributed by atoms with Crippen molar-refractivity contribution >= 4 is 29.1 Å². The van der Waals surface area contributed by atoms with Crippen molar-refractivity contribution in [3.8, 4) is 0 Å². The first-order valence-corrected chi connectivity index (χ1v) is 7.89. The number of unbranched alkanes of at least 4 members (excludes halogenated alkanes) is 2. The molecule has 1 saturated heterocycles. The number of thiazole rings is 1. The number of anilines is 1. The molecule has 0 saturated carbocycles. The van der Waals surface area contributed by atoms with Crippen molar-refractivity contribution in [3.05, 3.63) is 11.6 Å². The number of rotatable bonds is 6. The van der Waals surface area contributed by atoms with Crippen molar-refractivity contribution in [2.45, 2.75) is 19.3 Å². The van der Waals surface area contributed by atoms with Crippen LogP contribution in [0.3, 0.4) is 0 Å². The zero-order valence-corrected chi connectivity index (χ0v) is 11.9. The van der Waals surface area contributed by atoms with Crippen LogP contribution in [-0.2, 0) is 0 Å². The Morgan fingerprint density at radius 1 is 1.18 bits per heavy atom. The normalized spacial score (nSPS) is 17.6. The average molecular weight is 271 g/mol. The monoisotopic (exact) mass is 271 g/mol. The van der Waals surface area contributed by atoms with Crippen LogP contribution in [-0.4, -0.2) is 48.4 Å². The Hall–Kier alpha value is -0.260. The highest BCUT2D eigenvalue weighted by atomic mass is 32.1. The quantitative estimate of drug-likeness (QED) is 0.633. The molecule has 1 aromatic heterocycles. The lowest BCUT2D eigenvalue weighted by Gasteiger charge is -2.34. The third kappa shape index (κ3) is 4.16. The molecule has 0 aliphatic carbocycles. The fraction of sp³-hybridized carbons (Fsp3) is 0.750. The summed E-state index contributed by atoms with van der Waals surface area (Å²) in [4.78, 5) is 9.34. The van der Waals surface area contributed by atoms with Gasteiger partial charge in [0.15, 0.2) is 5.13 Å². The fourth-order valence-corrected chi connectivity index (χ4v) is 3.08. The number of piperazine rings is 1. The van der Waals surface area contributed by atoms with Gasteiger partial charge in [0.1, 0.15) is 0 Å². The topological polar surface area (TPSA) is 19.4 Å². The Bertz CT molecular complexity index is 295. The van der Waals surface area contributed by atoms with E-state index in [1.54, 1.807) is 11.3 Å². The Labute approximate surface area is 113 Å². The lowest BCUT2D eigenvalue weighted by molar-refractivity contribution is 0.253. The van der Waals surface area contributed by atoms with Crippen molar-refractivity contribution < 1.29 is 0 Å². The van der Waals surface area contributed by atoms with E-state index >= 15 is 0 Å². The second kappa shape index (κ2) is 7.24. The summed E-state index contributed by atoms with van der Waals surface area (Å²) in [7, 11) is 0. The first-order chi connectivity index (χ1) is 8.40. The molecular formula is C12H21N3S2. The summed E-state index contributed by atoms with van der Waals surface area (Å²) in [5.74, 6) is 1.03. The first-order valence-electron chi connectivity index (χ1n) is 6.38. The summed E-state index contributed by atoms with van der Waals surface area (Å²) in [5, 5.41) is 3.24. The summed E-state index contributed by atoms with van der Waals surface area (Å²) in [5.41, 5.74) is 0. The zero-order chi connectivity index (χ0) is 11.9. The van der Waals surface area contributed by atoms with E-state index in [1.807, 2.05) is 6.20 Å². The first kappa shape index (κ1) is 13.2. The number of hydrogen-bond donors (Lipinski definition) is 1. The molecule has 1 fully saturated rings. The van der Waals surface area contributed by atoms with E-state index < -0.39 is 0 Å². The van der Waals surface area contributed by atoms with Gasteiger partial charge in [0.25, 0.3) is 0 Å². The maximum atomic E-state index is 4.37. The molecule has 0 spiro atoms. The van der Waals surface area contributed by atoms with Crippen LogP contribution >= 0.6 is 24.0 Å². The third-order valence-corrected chi connectivity index (χ3v) is 4.34.